The molecule has 0 bridgehead atoms. The summed E-state index contributed by atoms with van der Waals surface area (Å²) in [5.74, 6) is -0.254. The molecular weight excluding hydrogens is 330 g/mol. The maximum absolute atomic E-state index is 11.9. The van der Waals surface area contributed by atoms with Gasteiger partial charge in [-0.15, -0.1) is 0 Å². The molecule has 0 heterocycles. The zero-order valence-corrected chi connectivity index (χ0v) is 13.6. The molecule has 0 spiro atoms. The van der Waals surface area contributed by atoms with Crippen molar-refractivity contribution in [2.45, 2.75) is 0 Å². The van der Waals surface area contributed by atoms with Gasteiger partial charge in [0.05, 0.1) is 16.7 Å². The van der Waals surface area contributed by atoms with Crippen molar-refractivity contribution in [3.05, 3.63) is 58.6 Å². The van der Waals surface area contributed by atoms with Gasteiger partial charge in [0, 0.05) is 18.3 Å². The van der Waals surface area contributed by atoms with Gasteiger partial charge in [0.1, 0.15) is 5.75 Å². The summed E-state index contributed by atoms with van der Waals surface area (Å²) in [4.78, 5) is 23.3. The maximum atomic E-state index is 11.9. The van der Waals surface area contributed by atoms with Crippen LogP contribution in [0.5, 0.6) is 5.75 Å². The molecule has 0 radical (unpaired) electrons. The van der Waals surface area contributed by atoms with Crippen LogP contribution in [0.3, 0.4) is 0 Å². The molecule has 6 nitrogen and oxygen atoms in total. The van der Waals surface area contributed by atoms with Gasteiger partial charge >= 0.3 is 0 Å². The highest BCUT2D eigenvalue weighted by Crippen LogP contribution is 2.25. The van der Waals surface area contributed by atoms with E-state index in [0.29, 0.717) is 22.6 Å². The van der Waals surface area contributed by atoms with Crippen LogP contribution in [-0.4, -0.2) is 25.5 Å². The van der Waals surface area contributed by atoms with Gasteiger partial charge in [-0.2, -0.15) is 5.26 Å². The summed E-state index contributed by atoms with van der Waals surface area (Å²) in [5, 5.41) is 14.2. The van der Waals surface area contributed by atoms with Crippen LogP contribution >= 0.6 is 11.6 Å². The van der Waals surface area contributed by atoms with E-state index in [1.54, 1.807) is 37.4 Å². The molecule has 0 atom stereocenters. The largest absolute Gasteiger partial charge is 0.482 e. The van der Waals surface area contributed by atoms with Crippen molar-refractivity contribution in [2.75, 3.05) is 19.0 Å². The molecule has 0 aliphatic rings. The van der Waals surface area contributed by atoms with Crippen molar-refractivity contribution in [3.8, 4) is 11.8 Å². The van der Waals surface area contributed by atoms with Gasteiger partial charge in [-0.25, -0.2) is 0 Å². The third-order valence-corrected chi connectivity index (χ3v) is 3.37. The molecular formula is C17H14ClN3O3. The highest BCUT2D eigenvalue weighted by atomic mass is 35.5. The Kier molecular flexibility index (Phi) is 5.77. The normalized spacial score (nSPS) is 9.71. The third-order valence-electron chi connectivity index (χ3n) is 3.08. The van der Waals surface area contributed by atoms with Crippen molar-refractivity contribution in [2.24, 2.45) is 0 Å². The molecule has 0 aromatic heterocycles. The van der Waals surface area contributed by atoms with E-state index in [4.69, 9.17) is 21.6 Å². The number of nitrogens with one attached hydrogen (secondary N) is 2. The van der Waals surface area contributed by atoms with E-state index in [1.165, 1.54) is 12.1 Å². The Hall–Kier alpha value is -3.04. The Balaban J connectivity index is 1.92. The smallest absolute Gasteiger partial charge is 0.262 e. The minimum atomic E-state index is -0.372. The van der Waals surface area contributed by atoms with Gasteiger partial charge in [-0.05, 0) is 42.5 Å². The number of carbonyl (C=O) groups is 2. The summed E-state index contributed by atoms with van der Waals surface area (Å²) < 4.78 is 5.33. The molecule has 0 aliphatic carbocycles. The van der Waals surface area contributed by atoms with Crippen molar-refractivity contribution in [3.63, 3.8) is 0 Å². The monoisotopic (exact) mass is 343 g/mol. The molecule has 0 aliphatic heterocycles. The second-order valence-electron chi connectivity index (χ2n) is 4.75. The van der Waals surface area contributed by atoms with Gasteiger partial charge in [-0.1, -0.05) is 11.6 Å². The highest BCUT2D eigenvalue weighted by Gasteiger charge is 2.08. The minimum Gasteiger partial charge on any atom is -0.482 e. The lowest BCUT2D eigenvalue weighted by molar-refractivity contribution is -0.118. The minimum absolute atomic E-state index is 0.202. The molecule has 0 fully saturated rings. The van der Waals surface area contributed by atoms with Crippen LogP contribution in [0.1, 0.15) is 15.9 Å². The Labute approximate surface area is 144 Å². The number of nitriles is 1. The second-order valence-corrected chi connectivity index (χ2v) is 5.16. The Morgan fingerprint density at radius 2 is 1.92 bits per heavy atom. The van der Waals surface area contributed by atoms with Crippen LogP contribution < -0.4 is 15.4 Å². The predicted molar refractivity (Wildman–Crippen MR) is 90.1 cm³/mol. The number of halogens is 1. The topological polar surface area (TPSA) is 91.2 Å². The Morgan fingerprint density at radius 1 is 1.21 bits per heavy atom. The summed E-state index contributed by atoms with van der Waals surface area (Å²) >= 11 is 5.97. The summed E-state index contributed by atoms with van der Waals surface area (Å²) in [6, 6.07) is 13.0. The second kappa shape index (κ2) is 7.99. The molecule has 2 aromatic rings. The van der Waals surface area contributed by atoms with E-state index >= 15 is 0 Å². The summed E-state index contributed by atoms with van der Waals surface area (Å²) in [6.07, 6.45) is 0. The van der Waals surface area contributed by atoms with Gasteiger partial charge in [0.15, 0.2) is 6.61 Å². The average Bonchev–Trinajstić information content (AvgIpc) is 2.60. The van der Waals surface area contributed by atoms with Gasteiger partial charge in [0.25, 0.3) is 11.8 Å². The zero-order chi connectivity index (χ0) is 17.5. The summed E-state index contributed by atoms with van der Waals surface area (Å²) in [5.41, 5.74) is 1.45. The average molecular weight is 344 g/mol. The number of hydrogen-bond donors (Lipinski definition) is 2. The van der Waals surface area contributed by atoms with Crippen LogP contribution in [0.2, 0.25) is 5.02 Å². The first-order valence-electron chi connectivity index (χ1n) is 6.98. The lowest BCUT2D eigenvalue weighted by atomic mass is 10.2. The van der Waals surface area contributed by atoms with Crippen LogP contribution in [0.25, 0.3) is 0 Å². The standard InChI is InChI=1S/C17H14ClN3O3/c1-20-17(23)12-3-5-13(6-4-12)21-16(22)10-24-15-7-2-11(9-19)8-14(15)18/h2-8H,10H2,1H3,(H,20,23)(H,21,22). The van der Waals surface area contributed by atoms with E-state index < -0.39 is 0 Å². The number of carbonyl (C=O) groups excluding carboxylic acids is 2. The highest BCUT2D eigenvalue weighted by molar-refractivity contribution is 6.32. The molecule has 7 heteroatoms. The van der Waals surface area contributed by atoms with Crippen molar-refractivity contribution in [1.29, 1.82) is 5.26 Å². The van der Waals surface area contributed by atoms with Gasteiger partial charge < -0.3 is 15.4 Å². The van der Waals surface area contributed by atoms with E-state index in [1.807, 2.05) is 6.07 Å². The maximum Gasteiger partial charge on any atom is 0.262 e. The quantitative estimate of drug-likeness (QED) is 0.872. The lowest BCUT2D eigenvalue weighted by Crippen LogP contribution is -2.20. The fourth-order valence-corrected chi connectivity index (χ4v) is 2.11. The fraction of sp³-hybridized carbons (Fsp3) is 0.118. The van der Waals surface area contributed by atoms with Crippen molar-refractivity contribution in [1.82, 2.24) is 5.32 Å². The molecule has 2 amide bonds. The molecule has 24 heavy (non-hydrogen) atoms. The number of anilines is 1. The zero-order valence-electron chi connectivity index (χ0n) is 12.8. The Morgan fingerprint density at radius 3 is 2.50 bits per heavy atom. The molecule has 2 aromatic carbocycles. The first-order chi connectivity index (χ1) is 11.5. The van der Waals surface area contributed by atoms with Crippen LogP contribution in [0.15, 0.2) is 42.5 Å². The first kappa shape index (κ1) is 17.3. The third kappa shape index (κ3) is 4.48. The van der Waals surface area contributed by atoms with Crippen molar-refractivity contribution < 1.29 is 14.3 Å². The lowest BCUT2D eigenvalue weighted by Gasteiger charge is -2.09. The SMILES string of the molecule is CNC(=O)c1ccc(NC(=O)COc2ccc(C#N)cc2Cl)cc1. The van der Waals surface area contributed by atoms with E-state index in [-0.39, 0.29) is 23.4 Å². The molecule has 0 saturated heterocycles. The number of benzene rings is 2. The number of hydrogen-bond acceptors (Lipinski definition) is 4. The van der Waals surface area contributed by atoms with E-state index in [0.717, 1.165) is 0 Å². The number of amides is 2. The fourth-order valence-electron chi connectivity index (χ4n) is 1.88. The summed E-state index contributed by atoms with van der Waals surface area (Å²) in [7, 11) is 1.55. The summed E-state index contributed by atoms with van der Waals surface area (Å²) in [6.45, 7) is -0.233. The van der Waals surface area contributed by atoms with Crippen LogP contribution in [0, 0.1) is 11.3 Å². The van der Waals surface area contributed by atoms with Gasteiger partial charge in [-0.3, -0.25) is 9.59 Å². The van der Waals surface area contributed by atoms with E-state index in [2.05, 4.69) is 10.6 Å². The molecule has 2 N–H and O–H groups in total. The predicted octanol–water partition coefficient (Wildman–Crippen LogP) is 2.59. The number of ether oxygens (including phenoxy) is 1. The van der Waals surface area contributed by atoms with E-state index in [9.17, 15) is 9.59 Å². The number of nitrogens with zero attached hydrogens (tertiary/aromatic N) is 1. The number of rotatable bonds is 5. The molecule has 0 saturated carbocycles. The molecule has 122 valence electrons. The Bertz CT molecular complexity index is 798. The first-order valence-corrected chi connectivity index (χ1v) is 7.35. The van der Waals surface area contributed by atoms with Crippen LogP contribution in [0.4, 0.5) is 5.69 Å². The molecule has 0 unspecified atom stereocenters. The molecule has 2 rings (SSSR count). The van der Waals surface area contributed by atoms with Crippen LogP contribution in [-0.2, 0) is 4.79 Å². The van der Waals surface area contributed by atoms with Gasteiger partial charge in [0.2, 0.25) is 0 Å². The van der Waals surface area contributed by atoms with Crippen molar-refractivity contribution >= 4 is 29.1 Å².